The second-order valence-electron chi connectivity index (χ2n) is 3.71. The quantitative estimate of drug-likeness (QED) is 0.457. The molecule has 2 aromatic rings. The van der Waals surface area contributed by atoms with Gasteiger partial charge < -0.3 is 0 Å². The standard InChI is InChI=1S/C11H7ClIN3O3/c12-9-2-1-8(16(18)19)3-7(9)5-15-6-14-4-10(13)11(15)17/h1-4,6H,5H2. The van der Waals surface area contributed by atoms with Crippen LogP contribution in [0, 0.1) is 13.7 Å². The predicted octanol–water partition coefficient (Wildman–Crippen LogP) is 2.46. The smallest absolute Gasteiger partial charge is 0.269 e. The second-order valence-corrected chi connectivity index (χ2v) is 5.28. The molecule has 98 valence electrons. The zero-order chi connectivity index (χ0) is 14.0. The van der Waals surface area contributed by atoms with E-state index in [2.05, 4.69) is 4.98 Å². The molecule has 6 nitrogen and oxygen atoms in total. The maximum absolute atomic E-state index is 11.8. The van der Waals surface area contributed by atoms with Crippen LogP contribution in [0.4, 0.5) is 5.69 Å². The molecule has 0 atom stereocenters. The Bertz CT molecular complexity index is 702. The molecule has 0 bridgehead atoms. The molecule has 0 N–H and O–H groups in total. The number of hydrogen-bond acceptors (Lipinski definition) is 4. The molecule has 8 heteroatoms. The van der Waals surface area contributed by atoms with Crippen LogP contribution in [0.15, 0.2) is 35.5 Å². The van der Waals surface area contributed by atoms with Crippen molar-refractivity contribution in [2.24, 2.45) is 0 Å². The van der Waals surface area contributed by atoms with Crippen molar-refractivity contribution in [2.75, 3.05) is 0 Å². The highest BCUT2D eigenvalue weighted by atomic mass is 127. The lowest BCUT2D eigenvalue weighted by molar-refractivity contribution is -0.384. The maximum Gasteiger partial charge on any atom is 0.269 e. The van der Waals surface area contributed by atoms with Crippen LogP contribution in [0.25, 0.3) is 0 Å². The van der Waals surface area contributed by atoms with Crippen molar-refractivity contribution < 1.29 is 4.92 Å². The van der Waals surface area contributed by atoms with Crippen molar-refractivity contribution in [3.05, 3.63) is 65.3 Å². The highest BCUT2D eigenvalue weighted by molar-refractivity contribution is 14.1. The first-order valence-corrected chi connectivity index (χ1v) is 6.57. The number of hydrogen-bond donors (Lipinski definition) is 0. The summed E-state index contributed by atoms with van der Waals surface area (Å²) in [4.78, 5) is 26.0. The van der Waals surface area contributed by atoms with E-state index in [1.54, 1.807) is 0 Å². The van der Waals surface area contributed by atoms with E-state index in [0.717, 1.165) is 0 Å². The average molecular weight is 392 g/mol. The van der Waals surface area contributed by atoms with Gasteiger partial charge in [-0.25, -0.2) is 4.98 Å². The van der Waals surface area contributed by atoms with Gasteiger partial charge in [0, 0.05) is 23.4 Å². The Morgan fingerprint density at radius 2 is 2.21 bits per heavy atom. The van der Waals surface area contributed by atoms with Crippen LogP contribution >= 0.6 is 34.2 Å². The fourth-order valence-electron chi connectivity index (χ4n) is 1.52. The summed E-state index contributed by atoms with van der Waals surface area (Å²) in [7, 11) is 0. The molecule has 0 aliphatic rings. The third-order valence-electron chi connectivity index (χ3n) is 2.44. The van der Waals surface area contributed by atoms with Crippen LogP contribution in [0.2, 0.25) is 5.02 Å². The molecule has 0 fully saturated rings. The largest absolute Gasteiger partial charge is 0.294 e. The Morgan fingerprint density at radius 1 is 1.47 bits per heavy atom. The molecule has 1 heterocycles. The maximum atomic E-state index is 11.8. The van der Waals surface area contributed by atoms with E-state index in [0.29, 0.717) is 14.2 Å². The molecule has 0 amide bonds. The number of nitro groups is 1. The lowest BCUT2D eigenvalue weighted by Crippen LogP contribution is -2.23. The summed E-state index contributed by atoms with van der Waals surface area (Å²) >= 11 is 7.86. The Hall–Kier alpha value is -1.48. The molecule has 0 aliphatic carbocycles. The van der Waals surface area contributed by atoms with E-state index in [1.165, 1.54) is 35.3 Å². The Labute approximate surface area is 126 Å². The van der Waals surface area contributed by atoms with Crippen LogP contribution in [-0.4, -0.2) is 14.5 Å². The van der Waals surface area contributed by atoms with Gasteiger partial charge in [-0.1, -0.05) is 11.6 Å². The van der Waals surface area contributed by atoms with Gasteiger partial charge >= 0.3 is 0 Å². The van der Waals surface area contributed by atoms with Gasteiger partial charge in [-0.3, -0.25) is 19.5 Å². The Morgan fingerprint density at radius 3 is 2.89 bits per heavy atom. The summed E-state index contributed by atoms with van der Waals surface area (Å²) in [6.07, 6.45) is 2.83. The minimum absolute atomic E-state index is 0.0639. The van der Waals surface area contributed by atoms with Gasteiger partial charge in [-0.05, 0) is 34.2 Å². The van der Waals surface area contributed by atoms with E-state index in [-0.39, 0.29) is 17.8 Å². The zero-order valence-corrected chi connectivity index (χ0v) is 12.3. The molecule has 0 spiro atoms. The number of halogens is 2. The Balaban J connectivity index is 2.43. The summed E-state index contributed by atoms with van der Waals surface area (Å²) in [5.41, 5.74) is 0.228. The van der Waals surface area contributed by atoms with Crippen LogP contribution < -0.4 is 5.56 Å². The number of aromatic nitrogens is 2. The number of rotatable bonds is 3. The number of nitrogens with zero attached hydrogens (tertiary/aromatic N) is 3. The first kappa shape index (κ1) is 13.9. The molecule has 2 rings (SSSR count). The lowest BCUT2D eigenvalue weighted by atomic mass is 10.2. The molecular weight excluding hydrogens is 384 g/mol. The van der Waals surface area contributed by atoms with Crippen molar-refractivity contribution >= 4 is 39.9 Å². The van der Waals surface area contributed by atoms with Crippen molar-refractivity contribution in [2.45, 2.75) is 6.54 Å². The summed E-state index contributed by atoms with van der Waals surface area (Å²) < 4.78 is 1.83. The van der Waals surface area contributed by atoms with Crippen LogP contribution in [0.3, 0.4) is 0 Å². The van der Waals surface area contributed by atoms with Gasteiger partial charge in [-0.15, -0.1) is 0 Å². The van der Waals surface area contributed by atoms with Gasteiger partial charge in [0.2, 0.25) is 0 Å². The average Bonchev–Trinajstić information content (AvgIpc) is 2.37. The van der Waals surface area contributed by atoms with E-state index in [1.807, 2.05) is 22.6 Å². The Kier molecular flexibility index (Phi) is 4.15. The summed E-state index contributed by atoms with van der Waals surface area (Å²) in [5, 5.41) is 11.1. The number of nitro benzene ring substituents is 1. The van der Waals surface area contributed by atoms with E-state index in [9.17, 15) is 14.9 Å². The van der Waals surface area contributed by atoms with Crippen LogP contribution in [0.5, 0.6) is 0 Å². The lowest BCUT2D eigenvalue weighted by Gasteiger charge is -2.07. The predicted molar refractivity (Wildman–Crippen MR) is 78.4 cm³/mol. The molecule has 0 saturated carbocycles. The molecule has 19 heavy (non-hydrogen) atoms. The summed E-state index contributed by atoms with van der Waals surface area (Å²) in [6, 6.07) is 4.12. The number of benzene rings is 1. The minimum Gasteiger partial charge on any atom is -0.294 e. The minimum atomic E-state index is -0.504. The normalized spacial score (nSPS) is 10.4. The SMILES string of the molecule is O=c1c(I)cncn1Cc1cc([N+](=O)[O-])ccc1Cl. The van der Waals surface area contributed by atoms with Crippen molar-refractivity contribution in [3.63, 3.8) is 0 Å². The highest BCUT2D eigenvalue weighted by Gasteiger charge is 2.11. The fourth-order valence-corrected chi connectivity index (χ4v) is 2.16. The molecule has 1 aromatic carbocycles. The monoisotopic (exact) mass is 391 g/mol. The molecule has 0 saturated heterocycles. The molecule has 0 radical (unpaired) electrons. The summed E-state index contributed by atoms with van der Waals surface area (Å²) in [6.45, 7) is 0.142. The van der Waals surface area contributed by atoms with Crippen LogP contribution in [-0.2, 0) is 6.54 Å². The highest BCUT2D eigenvalue weighted by Crippen LogP contribution is 2.22. The van der Waals surface area contributed by atoms with Gasteiger partial charge in [-0.2, -0.15) is 0 Å². The van der Waals surface area contributed by atoms with Gasteiger partial charge in [0.25, 0.3) is 11.2 Å². The number of non-ortho nitro benzene ring substituents is 1. The summed E-state index contributed by atoms with van der Waals surface area (Å²) in [5.74, 6) is 0. The second kappa shape index (κ2) is 5.66. The van der Waals surface area contributed by atoms with E-state index < -0.39 is 4.92 Å². The topological polar surface area (TPSA) is 78.0 Å². The molecular formula is C11H7ClIN3O3. The fraction of sp³-hybridized carbons (Fsp3) is 0.0909. The van der Waals surface area contributed by atoms with Crippen molar-refractivity contribution in [3.8, 4) is 0 Å². The third-order valence-corrected chi connectivity index (χ3v) is 3.55. The first-order chi connectivity index (χ1) is 8.99. The van der Waals surface area contributed by atoms with Crippen LogP contribution in [0.1, 0.15) is 5.56 Å². The van der Waals surface area contributed by atoms with E-state index in [4.69, 9.17) is 11.6 Å². The van der Waals surface area contributed by atoms with Gasteiger partial charge in [0.15, 0.2) is 0 Å². The van der Waals surface area contributed by atoms with Gasteiger partial charge in [0.1, 0.15) is 0 Å². The molecule has 0 unspecified atom stereocenters. The molecule has 0 aliphatic heterocycles. The first-order valence-electron chi connectivity index (χ1n) is 5.12. The zero-order valence-electron chi connectivity index (χ0n) is 9.42. The van der Waals surface area contributed by atoms with E-state index >= 15 is 0 Å². The van der Waals surface area contributed by atoms with Crippen molar-refractivity contribution in [1.82, 2.24) is 9.55 Å². The molecule has 1 aromatic heterocycles. The third kappa shape index (κ3) is 3.10. The van der Waals surface area contributed by atoms with Crippen molar-refractivity contribution in [1.29, 1.82) is 0 Å². The van der Waals surface area contributed by atoms with Gasteiger partial charge in [0.05, 0.1) is 21.4 Å².